The quantitative estimate of drug-likeness (QED) is 0.787. The molecule has 1 aliphatic rings. The maximum absolute atomic E-state index is 11.9. The molecule has 1 aromatic carbocycles. The number of aryl methyl sites for hydroxylation is 1. The fourth-order valence-corrected chi connectivity index (χ4v) is 3.58. The number of pyridine rings is 1. The molecule has 0 atom stereocenters. The van der Waals surface area contributed by atoms with Crippen LogP contribution < -0.4 is 5.56 Å². The third-order valence-corrected chi connectivity index (χ3v) is 5.02. The second kappa shape index (κ2) is 6.51. The topological polar surface area (TPSA) is 32.9 Å². The summed E-state index contributed by atoms with van der Waals surface area (Å²) in [5, 5.41) is 1.11. The molecule has 1 aromatic heterocycles. The zero-order valence-corrected chi connectivity index (χ0v) is 13.5. The molecule has 1 N–H and O–H groups in total. The van der Waals surface area contributed by atoms with E-state index in [1.807, 2.05) is 19.1 Å². The monoisotopic (exact) mass is 295 g/mol. The van der Waals surface area contributed by atoms with Crippen molar-refractivity contribution in [3.8, 4) is 0 Å². The Kier molecular flexibility index (Phi) is 4.47. The van der Waals surface area contributed by atoms with Gasteiger partial charge in [0.25, 0.3) is 5.56 Å². The van der Waals surface area contributed by atoms with Crippen molar-refractivity contribution in [2.45, 2.75) is 51.9 Å². The average Bonchev–Trinajstić information content (AvgIpc) is 2.82. The molecule has 116 valence electrons. The molecule has 1 aliphatic carbocycles. The molecule has 2 nitrogen and oxygen atoms in total. The summed E-state index contributed by atoms with van der Waals surface area (Å²) in [4.78, 5) is 14.9. The Labute approximate surface area is 132 Å². The fourth-order valence-electron chi connectivity index (χ4n) is 3.58. The molecule has 3 rings (SSSR count). The van der Waals surface area contributed by atoms with E-state index < -0.39 is 0 Å². The molecular formula is C20H25NO. The predicted molar refractivity (Wildman–Crippen MR) is 94.2 cm³/mol. The van der Waals surface area contributed by atoms with Crippen molar-refractivity contribution in [1.29, 1.82) is 0 Å². The first-order chi connectivity index (χ1) is 10.7. The molecule has 0 amide bonds. The minimum atomic E-state index is 0.0327. The number of aromatic amines is 1. The van der Waals surface area contributed by atoms with E-state index in [-0.39, 0.29) is 5.56 Å². The maximum atomic E-state index is 11.9. The van der Waals surface area contributed by atoms with E-state index >= 15 is 0 Å². The van der Waals surface area contributed by atoms with Gasteiger partial charge in [-0.1, -0.05) is 45.3 Å². The number of H-pyrrole nitrogens is 1. The van der Waals surface area contributed by atoms with Crippen LogP contribution in [0.25, 0.3) is 16.5 Å². The van der Waals surface area contributed by atoms with E-state index in [1.54, 1.807) is 0 Å². The Balaban J connectivity index is 1.95. The van der Waals surface area contributed by atoms with Crippen LogP contribution in [-0.2, 0) is 6.42 Å². The molecule has 1 heterocycles. The van der Waals surface area contributed by atoms with Crippen molar-refractivity contribution in [2.24, 2.45) is 5.92 Å². The number of fused-ring (bicyclic) bond motifs is 1. The van der Waals surface area contributed by atoms with Crippen molar-refractivity contribution < 1.29 is 0 Å². The lowest BCUT2D eigenvalue weighted by atomic mass is 9.87. The van der Waals surface area contributed by atoms with Crippen molar-refractivity contribution in [3.63, 3.8) is 0 Å². The summed E-state index contributed by atoms with van der Waals surface area (Å²) in [6, 6.07) is 8.35. The van der Waals surface area contributed by atoms with Gasteiger partial charge in [-0.25, -0.2) is 0 Å². The molecule has 0 spiro atoms. The first-order valence-corrected chi connectivity index (χ1v) is 8.54. The Bertz CT molecular complexity index is 733. The molecule has 0 radical (unpaired) electrons. The summed E-state index contributed by atoms with van der Waals surface area (Å²) >= 11 is 0. The van der Waals surface area contributed by atoms with Gasteiger partial charge in [0, 0.05) is 11.1 Å². The second-order valence-electron chi connectivity index (χ2n) is 6.49. The summed E-state index contributed by atoms with van der Waals surface area (Å²) in [7, 11) is 0. The van der Waals surface area contributed by atoms with Crippen LogP contribution in [0, 0.1) is 5.92 Å². The number of allylic oxidation sites excluding steroid dienone is 1. The molecule has 22 heavy (non-hydrogen) atoms. The molecule has 0 aliphatic heterocycles. The third-order valence-electron chi connectivity index (χ3n) is 5.02. The predicted octanol–water partition coefficient (Wildman–Crippen LogP) is 5.07. The van der Waals surface area contributed by atoms with Crippen LogP contribution in [0.5, 0.6) is 0 Å². The van der Waals surface area contributed by atoms with Crippen LogP contribution in [0.2, 0.25) is 0 Å². The van der Waals surface area contributed by atoms with Crippen molar-refractivity contribution >= 4 is 16.5 Å². The van der Waals surface area contributed by atoms with E-state index in [9.17, 15) is 4.79 Å². The average molecular weight is 295 g/mol. The maximum Gasteiger partial charge on any atom is 0.251 e. The lowest BCUT2D eigenvalue weighted by molar-refractivity contribution is 0.576. The number of nitrogens with one attached hydrogen (secondary N) is 1. The molecule has 0 saturated heterocycles. The lowest BCUT2D eigenvalue weighted by Gasteiger charge is -2.18. The normalized spacial score (nSPS) is 16.6. The molecule has 2 aromatic rings. The lowest BCUT2D eigenvalue weighted by Crippen LogP contribution is -2.11. The van der Waals surface area contributed by atoms with Crippen LogP contribution in [0.15, 0.2) is 35.6 Å². The Hall–Kier alpha value is -1.83. The van der Waals surface area contributed by atoms with Gasteiger partial charge < -0.3 is 4.98 Å². The van der Waals surface area contributed by atoms with Crippen molar-refractivity contribution in [2.75, 3.05) is 0 Å². The van der Waals surface area contributed by atoms with Gasteiger partial charge in [0.1, 0.15) is 0 Å². The smallest absolute Gasteiger partial charge is 0.251 e. The highest BCUT2D eigenvalue weighted by Crippen LogP contribution is 2.34. The van der Waals surface area contributed by atoms with E-state index in [0.29, 0.717) is 5.92 Å². The Morgan fingerprint density at radius 2 is 1.91 bits per heavy atom. The minimum Gasteiger partial charge on any atom is -0.322 e. The van der Waals surface area contributed by atoms with Crippen LogP contribution in [0.4, 0.5) is 0 Å². The molecule has 0 bridgehead atoms. The van der Waals surface area contributed by atoms with Gasteiger partial charge in [-0.15, -0.1) is 0 Å². The summed E-state index contributed by atoms with van der Waals surface area (Å²) in [5.41, 5.74) is 4.30. The zero-order chi connectivity index (χ0) is 15.5. The Morgan fingerprint density at radius 1 is 1.18 bits per heavy atom. The van der Waals surface area contributed by atoms with E-state index in [4.69, 9.17) is 0 Å². The fraction of sp³-hybridized carbons (Fsp3) is 0.450. The van der Waals surface area contributed by atoms with E-state index in [2.05, 4.69) is 23.7 Å². The molecular weight excluding hydrogens is 270 g/mol. The molecule has 1 saturated carbocycles. The highest BCUT2D eigenvalue weighted by atomic mass is 16.1. The standard InChI is InChI=1S/C20H25NO/c1-3-15-12-18-13-17(10-11-19(18)21-20(15)22)14(2)16-8-6-4-5-7-9-16/h10-13,16H,2-9H2,1H3,(H,21,22). The second-order valence-corrected chi connectivity index (χ2v) is 6.49. The van der Waals surface area contributed by atoms with Gasteiger partial charge in [0.05, 0.1) is 0 Å². The largest absolute Gasteiger partial charge is 0.322 e. The minimum absolute atomic E-state index is 0.0327. The molecule has 1 fully saturated rings. The van der Waals surface area contributed by atoms with Gasteiger partial charge in [0.15, 0.2) is 0 Å². The van der Waals surface area contributed by atoms with Crippen molar-refractivity contribution in [3.05, 3.63) is 52.3 Å². The van der Waals surface area contributed by atoms with Crippen LogP contribution in [0.3, 0.4) is 0 Å². The van der Waals surface area contributed by atoms with Crippen molar-refractivity contribution in [1.82, 2.24) is 4.98 Å². The number of rotatable bonds is 3. The van der Waals surface area contributed by atoms with Gasteiger partial charge in [-0.3, -0.25) is 4.79 Å². The number of benzene rings is 1. The first kappa shape index (κ1) is 15.1. The van der Waals surface area contributed by atoms with Crippen LogP contribution in [-0.4, -0.2) is 4.98 Å². The van der Waals surface area contributed by atoms with Crippen LogP contribution >= 0.6 is 0 Å². The summed E-state index contributed by atoms with van der Waals surface area (Å²) in [6.07, 6.45) is 8.67. The Morgan fingerprint density at radius 3 is 2.59 bits per heavy atom. The number of hydrogen-bond donors (Lipinski definition) is 1. The molecule has 2 heteroatoms. The van der Waals surface area contributed by atoms with Gasteiger partial charge in [-0.2, -0.15) is 0 Å². The zero-order valence-electron chi connectivity index (χ0n) is 13.5. The first-order valence-electron chi connectivity index (χ1n) is 8.54. The van der Waals surface area contributed by atoms with Gasteiger partial charge in [-0.05, 0) is 59.9 Å². The van der Waals surface area contributed by atoms with E-state index in [1.165, 1.54) is 49.7 Å². The highest BCUT2D eigenvalue weighted by molar-refractivity contribution is 5.83. The number of hydrogen-bond acceptors (Lipinski definition) is 1. The third kappa shape index (κ3) is 3.01. The summed E-state index contributed by atoms with van der Waals surface area (Å²) in [5.74, 6) is 0.619. The van der Waals surface area contributed by atoms with E-state index in [0.717, 1.165) is 22.9 Å². The molecule has 0 unspecified atom stereocenters. The van der Waals surface area contributed by atoms with Gasteiger partial charge >= 0.3 is 0 Å². The number of aromatic nitrogens is 1. The highest BCUT2D eigenvalue weighted by Gasteiger charge is 2.16. The summed E-state index contributed by atoms with van der Waals surface area (Å²) in [6.45, 7) is 6.40. The summed E-state index contributed by atoms with van der Waals surface area (Å²) < 4.78 is 0. The van der Waals surface area contributed by atoms with Crippen LogP contribution in [0.1, 0.15) is 56.6 Å². The SMILES string of the molecule is C=C(c1ccc2[nH]c(=O)c(CC)cc2c1)C1CCCCCC1. The van der Waals surface area contributed by atoms with Gasteiger partial charge in [0.2, 0.25) is 0 Å².